The number of aryl methyl sites for hydroxylation is 2. The predicted octanol–water partition coefficient (Wildman–Crippen LogP) is 4.64. The molecule has 3 aromatic heterocycles. The molecule has 1 amide bonds. The number of nitrogens with zero attached hydrogens (tertiary/aromatic N) is 3. The summed E-state index contributed by atoms with van der Waals surface area (Å²) in [5, 5.41) is 5.29. The smallest absolute Gasteiger partial charge is 0.263 e. The number of aromatic nitrogens is 3. The van der Waals surface area contributed by atoms with Gasteiger partial charge in [0.2, 0.25) is 5.91 Å². The molecule has 8 heteroatoms. The maximum absolute atomic E-state index is 13.3. The second-order valence-corrected chi connectivity index (χ2v) is 9.63. The van der Waals surface area contributed by atoms with Gasteiger partial charge in [0.15, 0.2) is 5.16 Å². The molecule has 1 N–H and O–H groups in total. The van der Waals surface area contributed by atoms with Crippen molar-refractivity contribution in [1.29, 1.82) is 0 Å². The van der Waals surface area contributed by atoms with Gasteiger partial charge in [-0.05, 0) is 55.5 Å². The largest absolute Gasteiger partial charge is 0.325 e. The number of benzene rings is 1. The van der Waals surface area contributed by atoms with E-state index in [0.717, 1.165) is 52.5 Å². The molecule has 6 nitrogen and oxygen atoms in total. The number of thioether (sulfide) groups is 1. The van der Waals surface area contributed by atoms with Crippen LogP contribution in [-0.2, 0) is 24.2 Å². The van der Waals surface area contributed by atoms with Gasteiger partial charge in [0.1, 0.15) is 4.83 Å². The number of hydrogen-bond donors (Lipinski definition) is 1. The number of anilines is 1. The van der Waals surface area contributed by atoms with Crippen LogP contribution in [0.3, 0.4) is 0 Å². The molecule has 5 rings (SSSR count). The molecule has 0 spiro atoms. The van der Waals surface area contributed by atoms with Crippen LogP contribution in [0.1, 0.15) is 30.2 Å². The van der Waals surface area contributed by atoms with Crippen LogP contribution in [-0.4, -0.2) is 26.2 Å². The third kappa shape index (κ3) is 3.74. The van der Waals surface area contributed by atoms with Crippen molar-refractivity contribution in [2.24, 2.45) is 0 Å². The molecule has 1 aromatic carbocycles. The summed E-state index contributed by atoms with van der Waals surface area (Å²) in [6, 6.07) is 9.46. The van der Waals surface area contributed by atoms with Crippen molar-refractivity contribution < 1.29 is 4.79 Å². The van der Waals surface area contributed by atoms with E-state index in [1.54, 1.807) is 22.1 Å². The van der Waals surface area contributed by atoms with Gasteiger partial charge in [0.25, 0.3) is 5.56 Å². The van der Waals surface area contributed by atoms with E-state index in [1.165, 1.54) is 22.2 Å². The SMILES string of the molecule is CCCn1c(SCC(=O)Nc2cccc3ncccc23)nc2sc3c(c2c1=O)CCC3. The Bertz CT molecular complexity index is 1350. The van der Waals surface area contributed by atoms with E-state index in [-0.39, 0.29) is 17.2 Å². The molecule has 31 heavy (non-hydrogen) atoms. The van der Waals surface area contributed by atoms with Crippen LogP contribution in [0.4, 0.5) is 5.69 Å². The molecule has 0 atom stereocenters. The van der Waals surface area contributed by atoms with Gasteiger partial charge in [0, 0.05) is 23.0 Å². The Kier molecular flexibility index (Phi) is 5.50. The van der Waals surface area contributed by atoms with Gasteiger partial charge in [0.05, 0.1) is 22.3 Å². The molecular formula is C23H22N4O2S2. The molecule has 0 unspecified atom stereocenters. The summed E-state index contributed by atoms with van der Waals surface area (Å²) in [7, 11) is 0. The van der Waals surface area contributed by atoms with Crippen molar-refractivity contribution in [2.45, 2.75) is 44.3 Å². The summed E-state index contributed by atoms with van der Waals surface area (Å²) < 4.78 is 1.74. The van der Waals surface area contributed by atoms with E-state index in [1.807, 2.05) is 37.3 Å². The summed E-state index contributed by atoms with van der Waals surface area (Å²) in [5.41, 5.74) is 2.80. The molecule has 158 valence electrons. The molecule has 1 aliphatic rings. The van der Waals surface area contributed by atoms with Crippen LogP contribution in [0.2, 0.25) is 0 Å². The zero-order valence-corrected chi connectivity index (χ0v) is 18.8. The molecule has 0 saturated carbocycles. The summed E-state index contributed by atoms with van der Waals surface area (Å²) >= 11 is 2.95. The molecule has 0 radical (unpaired) electrons. The maximum atomic E-state index is 13.3. The first-order valence-corrected chi connectivity index (χ1v) is 12.3. The van der Waals surface area contributed by atoms with Crippen molar-refractivity contribution >= 4 is 55.8 Å². The highest BCUT2D eigenvalue weighted by Gasteiger charge is 2.23. The van der Waals surface area contributed by atoms with Gasteiger partial charge in [-0.3, -0.25) is 19.1 Å². The predicted molar refractivity (Wildman–Crippen MR) is 127 cm³/mol. The molecule has 4 aromatic rings. The Labute approximate surface area is 187 Å². The lowest BCUT2D eigenvalue weighted by Crippen LogP contribution is -2.24. The minimum atomic E-state index is -0.132. The number of fused-ring (bicyclic) bond motifs is 4. The standard InChI is InChI=1S/C23H22N4O2S2/c1-2-12-27-22(29)20-15-6-3-10-18(15)31-21(20)26-23(27)30-13-19(28)25-17-9-4-8-16-14(17)7-5-11-24-16/h4-5,7-9,11H,2-3,6,10,12-13H2,1H3,(H,25,28). The van der Waals surface area contributed by atoms with Crippen molar-refractivity contribution in [3.8, 4) is 0 Å². The highest BCUT2D eigenvalue weighted by molar-refractivity contribution is 7.99. The molecule has 0 bridgehead atoms. The number of carbonyl (C=O) groups is 1. The first-order chi connectivity index (χ1) is 15.2. The normalized spacial score (nSPS) is 13.1. The minimum Gasteiger partial charge on any atom is -0.325 e. The number of carbonyl (C=O) groups excluding carboxylic acids is 1. The van der Waals surface area contributed by atoms with E-state index in [9.17, 15) is 9.59 Å². The van der Waals surface area contributed by atoms with Gasteiger partial charge >= 0.3 is 0 Å². The zero-order valence-electron chi connectivity index (χ0n) is 17.2. The van der Waals surface area contributed by atoms with E-state index in [0.29, 0.717) is 11.7 Å². The lowest BCUT2D eigenvalue weighted by atomic mass is 10.2. The van der Waals surface area contributed by atoms with E-state index in [2.05, 4.69) is 10.3 Å². The third-order valence-electron chi connectivity index (χ3n) is 5.49. The molecule has 0 fully saturated rings. The first-order valence-electron chi connectivity index (χ1n) is 10.5. The molecule has 0 aliphatic heterocycles. The van der Waals surface area contributed by atoms with Crippen molar-refractivity contribution in [3.05, 3.63) is 57.3 Å². The van der Waals surface area contributed by atoms with E-state index >= 15 is 0 Å². The average Bonchev–Trinajstić information content (AvgIpc) is 3.36. The van der Waals surface area contributed by atoms with Gasteiger partial charge < -0.3 is 5.32 Å². The van der Waals surface area contributed by atoms with Crippen molar-refractivity contribution in [1.82, 2.24) is 14.5 Å². The fourth-order valence-electron chi connectivity index (χ4n) is 4.12. The fraction of sp³-hybridized carbons (Fsp3) is 0.304. The van der Waals surface area contributed by atoms with E-state index in [4.69, 9.17) is 4.98 Å². The fourth-order valence-corrected chi connectivity index (χ4v) is 6.25. The number of hydrogen-bond acceptors (Lipinski definition) is 6. The highest BCUT2D eigenvalue weighted by atomic mass is 32.2. The van der Waals surface area contributed by atoms with Gasteiger partial charge in [-0.1, -0.05) is 24.8 Å². The summed E-state index contributed by atoms with van der Waals surface area (Å²) in [6.07, 6.45) is 5.69. The Hall–Kier alpha value is -2.71. The Morgan fingerprint density at radius 3 is 3.03 bits per heavy atom. The molecule has 1 aliphatic carbocycles. The quantitative estimate of drug-likeness (QED) is 0.342. The highest BCUT2D eigenvalue weighted by Crippen LogP contribution is 2.35. The van der Waals surface area contributed by atoms with Crippen LogP contribution in [0.15, 0.2) is 46.5 Å². The second-order valence-electron chi connectivity index (χ2n) is 7.60. The van der Waals surface area contributed by atoms with E-state index < -0.39 is 0 Å². The average molecular weight is 451 g/mol. The topological polar surface area (TPSA) is 76.9 Å². The molecular weight excluding hydrogens is 428 g/mol. The Balaban J connectivity index is 1.40. The number of nitrogens with one attached hydrogen (secondary N) is 1. The lowest BCUT2D eigenvalue weighted by molar-refractivity contribution is -0.113. The molecule has 0 saturated heterocycles. The van der Waals surface area contributed by atoms with Gasteiger partial charge in [-0.2, -0.15) is 0 Å². The number of amides is 1. The third-order valence-corrected chi connectivity index (χ3v) is 7.65. The van der Waals surface area contributed by atoms with Crippen LogP contribution in [0.25, 0.3) is 21.1 Å². The van der Waals surface area contributed by atoms with Crippen molar-refractivity contribution in [3.63, 3.8) is 0 Å². The molecule has 3 heterocycles. The van der Waals surface area contributed by atoms with Gasteiger partial charge in [-0.15, -0.1) is 11.3 Å². The maximum Gasteiger partial charge on any atom is 0.263 e. The lowest BCUT2D eigenvalue weighted by Gasteiger charge is -2.12. The summed E-state index contributed by atoms with van der Waals surface area (Å²) in [5.74, 6) is 0.0519. The minimum absolute atomic E-state index is 0.0364. The van der Waals surface area contributed by atoms with Crippen molar-refractivity contribution in [2.75, 3.05) is 11.1 Å². The Morgan fingerprint density at radius 1 is 1.26 bits per heavy atom. The van der Waals surface area contributed by atoms with Gasteiger partial charge in [-0.25, -0.2) is 4.98 Å². The first kappa shape index (κ1) is 20.2. The van der Waals surface area contributed by atoms with Crippen LogP contribution < -0.4 is 10.9 Å². The van der Waals surface area contributed by atoms with Crippen LogP contribution >= 0.6 is 23.1 Å². The number of pyridine rings is 1. The zero-order chi connectivity index (χ0) is 21.4. The monoisotopic (exact) mass is 450 g/mol. The summed E-state index contributed by atoms with van der Waals surface area (Å²) in [4.78, 5) is 37.2. The van der Waals surface area contributed by atoms with Crippen LogP contribution in [0.5, 0.6) is 0 Å². The number of rotatable bonds is 6. The number of thiophene rings is 1. The second kappa shape index (κ2) is 8.43. The summed E-state index contributed by atoms with van der Waals surface area (Å²) in [6.45, 7) is 2.65. The Morgan fingerprint density at radius 2 is 2.16 bits per heavy atom. The van der Waals surface area contributed by atoms with Crippen LogP contribution in [0, 0.1) is 0 Å².